The molecule has 0 heterocycles. The number of aryl methyl sites for hydroxylation is 2. The molecule has 67 heavy (non-hydrogen) atoms. The number of halogens is 1. The lowest BCUT2D eigenvalue weighted by molar-refractivity contribution is -0.152. The van der Waals surface area contributed by atoms with E-state index in [4.69, 9.17) is 37.9 Å². The molecule has 0 saturated carbocycles. The van der Waals surface area contributed by atoms with E-state index in [0.717, 1.165) is 54.2 Å². The summed E-state index contributed by atoms with van der Waals surface area (Å²) >= 11 is 3.83. The predicted molar refractivity (Wildman–Crippen MR) is 271 cm³/mol. The minimum Gasteiger partial charge on any atom is -0.489 e. The van der Waals surface area contributed by atoms with E-state index in [0.29, 0.717) is 52.9 Å². The first-order valence-corrected chi connectivity index (χ1v) is 24.4. The van der Waals surface area contributed by atoms with Crippen molar-refractivity contribution in [3.8, 4) is 23.0 Å². The van der Waals surface area contributed by atoms with Crippen LogP contribution >= 0.6 is 15.9 Å². The SMILES string of the molecule is CCOC(COc1ccc(C2=C(Br)CCc3cc(OCc4ccccc4)ccc32)cc1)OCC.CCOC(COc1ccc(C2=CCCc3cc(OCc4ccccc4)ccc32)cc1)OCC. The quantitative estimate of drug-likeness (QED) is 0.0623. The fraction of sp³-hybridized carbons (Fsp3) is 0.310. The monoisotopic (exact) mass is 966 g/mol. The van der Waals surface area contributed by atoms with Gasteiger partial charge in [-0.05, 0) is 158 Å². The van der Waals surface area contributed by atoms with Gasteiger partial charge in [-0.3, -0.25) is 0 Å². The van der Waals surface area contributed by atoms with Crippen LogP contribution in [0.25, 0.3) is 11.1 Å². The van der Waals surface area contributed by atoms with E-state index in [1.165, 1.54) is 54.6 Å². The van der Waals surface area contributed by atoms with Gasteiger partial charge in [0.2, 0.25) is 0 Å². The number of ether oxygens (including phenoxy) is 8. The lowest BCUT2D eigenvalue weighted by Gasteiger charge is -2.22. The van der Waals surface area contributed by atoms with Crippen LogP contribution in [-0.4, -0.2) is 52.2 Å². The van der Waals surface area contributed by atoms with E-state index >= 15 is 0 Å². The Hall–Kier alpha value is -5.68. The summed E-state index contributed by atoms with van der Waals surface area (Å²) in [5.41, 5.74) is 12.3. The Labute approximate surface area is 405 Å². The van der Waals surface area contributed by atoms with E-state index in [-0.39, 0.29) is 12.6 Å². The first-order valence-electron chi connectivity index (χ1n) is 23.6. The number of allylic oxidation sites excluding steroid dienone is 2. The van der Waals surface area contributed by atoms with Crippen LogP contribution in [0.2, 0.25) is 0 Å². The molecule has 6 aromatic carbocycles. The Morgan fingerprint density at radius 3 is 1.39 bits per heavy atom. The standard InChI is InChI=1S/C29H31BrO4.C29H32O4/c1-3-31-28(32-4-2)20-34-24-13-10-22(11-14-24)29-26-16-15-25(18-23(26)12-17-27(29)30)33-19-21-8-6-5-7-9-21;1-3-30-29(31-4-2)21-33-25-15-13-23(14-16-25)27-12-8-11-24-19-26(17-18-28(24)27)32-20-22-9-6-5-7-10-22/h5-11,13-16,18,28H,3-4,12,17,19-20H2,1-2H3;5-7,9-10,12-19,29H,3-4,8,11,20-21H2,1-2H3. The van der Waals surface area contributed by atoms with Gasteiger partial charge in [-0.15, -0.1) is 0 Å². The van der Waals surface area contributed by atoms with Crippen LogP contribution in [0.1, 0.15) is 85.0 Å². The van der Waals surface area contributed by atoms with Crippen LogP contribution in [0.3, 0.4) is 0 Å². The van der Waals surface area contributed by atoms with Gasteiger partial charge in [0, 0.05) is 30.9 Å². The minimum atomic E-state index is -0.352. The summed E-state index contributed by atoms with van der Waals surface area (Å²) in [6, 6.07) is 49.8. The van der Waals surface area contributed by atoms with Crippen LogP contribution in [0.5, 0.6) is 23.0 Å². The second-order valence-electron chi connectivity index (χ2n) is 16.0. The fourth-order valence-electron chi connectivity index (χ4n) is 8.11. The molecule has 0 aliphatic heterocycles. The van der Waals surface area contributed by atoms with Gasteiger partial charge in [-0.25, -0.2) is 0 Å². The average molecular weight is 968 g/mol. The zero-order valence-electron chi connectivity index (χ0n) is 39.2. The molecule has 0 spiro atoms. The van der Waals surface area contributed by atoms with Crippen LogP contribution < -0.4 is 18.9 Å². The van der Waals surface area contributed by atoms with Gasteiger partial charge in [0.15, 0.2) is 12.6 Å². The fourth-order valence-corrected chi connectivity index (χ4v) is 8.75. The van der Waals surface area contributed by atoms with Crippen molar-refractivity contribution in [1.82, 2.24) is 0 Å². The Morgan fingerprint density at radius 1 is 0.448 bits per heavy atom. The zero-order valence-corrected chi connectivity index (χ0v) is 40.8. The minimum absolute atomic E-state index is 0.342. The number of benzene rings is 6. The number of hydrogen-bond acceptors (Lipinski definition) is 8. The van der Waals surface area contributed by atoms with Gasteiger partial charge in [0.05, 0.1) is 0 Å². The molecular weight excluding hydrogens is 905 g/mol. The van der Waals surface area contributed by atoms with Gasteiger partial charge in [-0.1, -0.05) is 119 Å². The number of fused-ring (bicyclic) bond motifs is 2. The van der Waals surface area contributed by atoms with Crippen LogP contribution in [0.4, 0.5) is 0 Å². The van der Waals surface area contributed by atoms with Crippen molar-refractivity contribution in [3.63, 3.8) is 0 Å². The first kappa shape index (κ1) is 49.2. The molecule has 350 valence electrons. The lowest BCUT2D eigenvalue weighted by atomic mass is 9.87. The second kappa shape index (κ2) is 26.0. The molecular formula is C58H63BrO8. The summed E-state index contributed by atoms with van der Waals surface area (Å²) in [6.45, 7) is 12.1. The third-order valence-electron chi connectivity index (χ3n) is 11.3. The maximum atomic E-state index is 6.06. The maximum absolute atomic E-state index is 6.06. The molecule has 6 aromatic rings. The smallest absolute Gasteiger partial charge is 0.191 e. The molecule has 0 saturated heterocycles. The van der Waals surface area contributed by atoms with Gasteiger partial charge < -0.3 is 37.9 Å². The molecule has 0 radical (unpaired) electrons. The molecule has 0 unspecified atom stereocenters. The molecule has 8 rings (SSSR count). The normalized spacial score (nSPS) is 13.0. The van der Waals surface area contributed by atoms with Crippen molar-refractivity contribution < 1.29 is 37.9 Å². The van der Waals surface area contributed by atoms with Gasteiger partial charge in [-0.2, -0.15) is 0 Å². The van der Waals surface area contributed by atoms with E-state index in [1.807, 2.05) is 88.4 Å². The zero-order chi connectivity index (χ0) is 46.6. The largest absolute Gasteiger partial charge is 0.489 e. The summed E-state index contributed by atoms with van der Waals surface area (Å²) in [5, 5.41) is 0. The van der Waals surface area contributed by atoms with E-state index < -0.39 is 0 Å². The van der Waals surface area contributed by atoms with Crippen molar-refractivity contribution in [2.75, 3.05) is 39.6 Å². The Morgan fingerprint density at radius 2 is 0.896 bits per heavy atom. The molecule has 0 amide bonds. The third kappa shape index (κ3) is 14.4. The Balaban J connectivity index is 0.000000199. The summed E-state index contributed by atoms with van der Waals surface area (Å²) in [7, 11) is 0. The number of hydrogen-bond donors (Lipinski definition) is 0. The topological polar surface area (TPSA) is 73.8 Å². The summed E-state index contributed by atoms with van der Waals surface area (Å²) in [5.74, 6) is 3.43. The van der Waals surface area contributed by atoms with Crippen LogP contribution in [0.15, 0.2) is 156 Å². The highest BCUT2D eigenvalue weighted by Gasteiger charge is 2.21. The summed E-state index contributed by atoms with van der Waals surface area (Å²) in [4.78, 5) is 0. The van der Waals surface area contributed by atoms with Gasteiger partial charge in [0.1, 0.15) is 49.4 Å². The molecule has 0 fully saturated rings. The first-order chi connectivity index (χ1) is 32.9. The lowest BCUT2D eigenvalue weighted by Crippen LogP contribution is -2.25. The highest BCUT2D eigenvalue weighted by Crippen LogP contribution is 2.41. The van der Waals surface area contributed by atoms with Crippen molar-refractivity contribution in [2.45, 2.75) is 79.2 Å². The van der Waals surface area contributed by atoms with E-state index in [1.54, 1.807) is 0 Å². The van der Waals surface area contributed by atoms with E-state index in [9.17, 15) is 0 Å². The summed E-state index contributed by atoms with van der Waals surface area (Å²) in [6.07, 6.45) is 5.63. The van der Waals surface area contributed by atoms with Gasteiger partial charge in [0.25, 0.3) is 0 Å². The van der Waals surface area contributed by atoms with Crippen LogP contribution in [0, 0.1) is 0 Å². The van der Waals surface area contributed by atoms with Crippen molar-refractivity contribution >= 4 is 27.1 Å². The third-order valence-corrected chi connectivity index (χ3v) is 12.1. The van der Waals surface area contributed by atoms with Gasteiger partial charge >= 0.3 is 0 Å². The highest BCUT2D eigenvalue weighted by atomic mass is 79.9. The molecule has 2 aliphatic carbocycles. The molecule has 0 atom stereocenters. The molecule has 8 nitrogen and oxygen atoms in total. The van der Waals surface area contributed by atoms with Crippen molar-refractivity contribution in [2.24, 2.45) is 0 Å². The molecule has 2 aliphatic rings. The second-order valence-corrected chi connectivity index (χ2v) is 16.9. The molecule has 0 aromatic heterocycles. The average Bonchev–Trinajstić information content (AvgIpc) is 3.37. The number of rotatable bonds is 22. The summed E-state index contributed by atoms with van der Waals surface area (Å²) < 4.78 is 47.3. The Kier molecular flexibility index (Phi) is 19.1. The van der Waals surface area contributed by atoms with Crippen molar-refractivity contribution in [1.29, 1.82) is 0 Å². The van der Waals surface area contributed by atoms with E-state index in [2.05, 4.69) is 107 Å². The molecule has 9 heteroatoms. The highest BCUT2D eigenvalue weighted by molar-refractivity contribution is 9.11. The molecule has 0 N–H and O–H groups in total. The van der Waals surface area contributed by atoms with Crippen molar-refractivity contribution in [3.05, 3.63) is 201 Å². The Bertz CT molecular complexity index is 2470. The maximum Gasteiger partial charge on any atom is 0.191 e. The predicted octanol–water partition coefficient (Wildman–Crippen LogP) is 13.6. The molecule has 0 bridgehead atoms. The van der Waals surface area contributed by atoms with Crippen LogP contribution in [-0.2, 0) is 45.0 Å².